The van der Waals surface area contributed by atoms with E-state index in [1.54, 1.807) is 0 Å². The van der Waals surface area contributed by atoms with E-state index < -0.39 is 0 Å². The van der Waals surface area contributed by atoms with Gasteiger partial charge < -0.3 is 9.47 Å². The predicted octanol–water partition coefficient (Wildman–Crippen LogP) is 13.9. The molecule has 0 fully saturated rings. The van der Waals surface area contributed by atoms with Crippen molar-refractivity contribution in [1.29, 1.82) is 0 Å². The van der Waals surface area contributed by atoms with Gasteiger partial charge in [-0.25, -0.2) is 0 Å². The molecule has 0 aliphatic heterocycles. The van der Waals surface area contributed by atoms with Crippen molar-refractivity contribution in [3.63, 3.8) is 0 Å². The van der Waals surface area contributed by atoms with Crippen LogP contribution < -0.4 is 4.90 Å². The zero-order chi connectivity index (χ0) is 35.5. The normalized spacial score (nSPS) is 12.9. The third-order valence-electron chi connectivity index (χ3n) is 11.1. The Bertz CT molecular complexity index is 2740. The van der Waals surface area contributed by atoms with Gasteiger partial charge in [-0.1, -0.05) is 141 Å². The Hall–Kier alpha value is -6.64. The zero-order valence-electron chi connectivity index (χ0n) is 29.9. The Morgan fingerprint density at radius 2 is 0.925 bits per heavy atom. The Morgan fingerprint density at radius 1 is 0.377 bits per heavy atom. The van der Waals surface area contributed by atoms with Crippen molar-refractivity contribution in [3.8, 4) is 39.1 Å². The van der Waals surface area contributed by atoms with E-state index in [2.05, 4.69) is 217 Å². The molecule has 0 N–H and O–H groups in total. The number of hydrogen-bond acceptors (Lipinski definition) is 1. The molecule has 1 heterocycles. The van der Waals surface area contributed by atoms with Gasteiger partial charge in [0.25, 0.3) is 0 Å². The number of para-hydroxylation sites is 2. The van der Waals surface area contributed by atoms with Gasteiger partial charge in [-0.15, -0.1) is 0 Å². The molecule has 0 amide bonds. The summed E-state index contributed by atoms with van der Waals surface area (Å²) in [4.78, 5) is 2.46. The number of fused-ring (bicyclic) bond motifs is 6. The molecule has 0 atom stereocenters. The van der Waals surface area contributed by atoms with Crippen LogP contribution in [0, 0.1) is 0 Å². The Labute approximate surface area is 310 Å². The zero-order valence-corrected chi connectivity index (χ0v) is 29.9. The van der Waals surface area contributed by atoms with Crippen molar-refractivity contribution in [2.75, 3.05) is 4.90 Å². The van der Waals surface area contributed by atoms with Crippen molar-refractivity contribution in [2.24, 2.45) is 0 Å². The van der Waals surface area contributed by atoms with Gasteiger partial charge in [0.1, 0.15) is 0 Å². The number of hydrogen-bond donors (Lipinski definition) is 0. The molecule has 0 bridgehead atoms. The first-order valence-corrected chi connectivity index (χ1v) is 18.4. The fourth-order valence-corrected chi connectivity index (χ4v) is 8.58. The minimum Gasteiger partial charge on any atom is -0.310 e. The van der Waals surface area contributed by atoms with E-state index in [0.717, 1.165) is 22.7 Å². The SMILES string of the molecule is CC1(C)c2ccccc2-c2cc(N(c3cc(-c4ccccc4)cc(-c4ccccc4)c3)c3ccc4c(c3)c3ccccc3n4-c3ccccc3)ccc21. The number of anilines is 3. The highest BCUT2D eigenvalue weighted by Crippen LogP contribution is 2.51. The van der Waals surface area contributed by atoms with Gasteiger partial charge in [0.05, 0.1) is 11.0 Å². The van der Waals surface area contributed by atoms with Crippen LogP contribution in [-0.4, -0.2) is 4.57 Å². The van der Waals surface area contributed by atoms with Crippen LogP contribution in [0.1, 0.15) is 25.0 Å². The van der Waals surface area contributed by atoms with Crippen LogP contribution in [0.3, 0.4) is 0 Å². The first kappa shape index (κ1) is 31.1. The third-order valence-corrected chi connectivity index (χ3v) is 11.1. The molecule has 9 aromatic rings. The lowest BCUT2D eigenvalue weighted by Gasteiger charge is -2.28. The highest BCUT2D eigenvalue weighted by Gasteiger charge is 2.35. The Morgan fingerprint density at radius 3 is 1.64 bits per heavy atom. The average molecular weight is 679 g/mol. The summed E-state index contributed by atoms with van der Waals surface area (Å²) in [5.74, 6) is 0. The van der Waals surface area contributed by atoms with Crippen molar-refractivity contribution in [3.05, 3.63) is 205 Å². The van der Waals surface area contributed by atoms with Gasteiger partial charge in [0.15, 0.2) is 0 Å². The second kappa shape index (κ2) is 12.3. The van der Waals surface area contributed by atoms with Crippen LogP contribution in [-0.2, 0) is 5.41 Å². The summed E-state index contributed by atoms with van der Waals surface area (Å²) in [7, 11) is 0. The summed E-state index contributed by atoms with van der Waals surface area (Å²) in [5, 5.41) is 2.46. The van der Waals surface area contributed by atoms with Gasteiger partial charge in [-0.3, -0.25) is 0 Å². The molecule has 0 saturated heterocycles. The number of aromatic nitrogens is 1. The van der Waals surface area contributed by atoms with Crippen LogP contribution in [0.15, 0.2) is 194 Å². The van der Waals surface area contributed by atoms with E-state index in [9.17, 15) is 0 Å². The second-order valence-electron chi connectivity index (χ2n) is 14.6. The van der Waals surface area contributed by atoms with Crippen LogP contribution in [0.2, 0.25) is 0 Å². The molecule has 0 saturated carbocycles. The molecular formula is C51H38N2. The second-order valence-corrected chi connectivity index (χ2v) is 14.6. The summed E-state index contributed by atoms with van der Waals surface area (Å²) in [6.45, 7) is 4.70. The predicted molar refractivity (Wildman–Crippen MR) is 224 cm³/mol. The molecule has 2 nitrogen and oxygen atoms in total. The van der Waals surface area contributed by atoms with E-state index in [1.165, 1.54) is 66.3 Å². The maximum atomic E-state index is 2.46. The minimum absolute atomic E-state index is 0.0683. The van der Waals surface area contributed by atoms with Crippen molar-refractivity contribution in [2.45, 2.75) is 19.3 Å². The largest absolute Gasteiger partial charge is 0.310 e. The standard InChI is InChI=1S/C51H38N2/c1-51(2)47-24-14-12-22-43(47)45-33-40(26-28-48(45)51)52(42-31-37(35-16-6-3-7-17-35)30-38(32-42)36-18-8-4-9-19-36)41-27-29-50-46(34-41)44-23-13-15-25-49(44)53(50)39-20-10-5-11-21-39/h3-34H,1-2H3. The molecule has 0 unspecified atom stereocenters. The van der Waals surface area contributed by atoms with Crippen molar-refractivity contribution < 1.29 is 0 Å². The Kier molecular flexibility index (Phi) is 7.19. The smallest absolute Gasteiger partial charge is 0.0542 e. The van der Waals surface area contributed by atoms with Gasteiger partial charge in [0.2, 0.25) is 0 Å². The molecule has 1 aromatic heterocycles. The van der Waals surface area contributed by atoms with Crippen molar-refractivity contribution >= 4 is 38.9 Å². The highest BCUT2D eigenvalue weighted by molar-refractivity contribution is 6.10. The third kappa shape index (κ3) is 5.10. The summed E-state index contributed by atoms with van der Waals surface area (Å²) in [6, 6.07) is 71.0. The van der Waals surface area contributed by atoms with E-state index in [4.69, 9.17) is 0 Å². The minimum atomic E-state index is -0.0683. The molecule has 0 radical (unpaired) electrons. The van der Waals surface area contributed by atoms with Gasteiger partial charge >= 0.3 is 0 Å². The molecule has 53 heavy (non-hydrogen) atoms. The highest BCUT2D eigenvalue weighted by atomic mass is 15.1. The first-order chi connectivity index (χ1) is 26.0. The van der Waals surface area contributed by atoms with Crippen molar-refractivity contribution in [1.82, 2.24) is 4.57 Å². The number of rotatable bonds is 6. The maximum absolute atomic E-state index is 2.46. The lowest BCUT2D eigenvalue weighted by molar-refractivity contribution is 0.660. The first-order valence-electron chi connectivity index (χ1n) is 18.4. The van der Waals surface area contributed by atoms with Gasteiger partial charge in [0, 0.05) is 38.9 Å². The van der Waals surface area contributed by atoms with Crippen LogP contribution in [0.4, 0.5) is 17.1 Å². The fraction of sp³-hybridized carbons (Fsp3) is 0.0588. The number of nitrogens with zero attached hydrogens (tertiary/aromatic N) is 2. The molecule has 0 spiro atoms. The van der Waals surface area contributed by atoms with Gasteiger partial charge in [-0.2, -0.15) is 0 Å². The summed E-state index contributed by atoms with van der Waals surface area (Å²) < 4.78 is 2.39. The molecule has 252 valence electrons. The average Bonchev–Trinajstić information content (AvgIpc) is 3.67. The topological polar surface area (TPSA) is 8.17 Å². The van der Waals surface area contributed by atoms with Crippen LogP contribution >= 0.6 is 0 Å². The Balaban J connectivity index is 1.25. The maximum Gasteiger partial charge on any atom is 0.0542 e. The molecule has 1 aliphatic carbocycles. The van der Waals surface area contributed by atoms with Crippen LogP contribution in [0.25, 0.3) is 60.9 Å². The molecular weight excluding hydrogens is 641 g/mol. The molecule has 8 aromatic carbocycles. The van der Waals surface area contributed by atoms with E-state index in [-0.39, 0.29) is 5.41 Å². The molecule has 2 heteroatoms. The monoisotopic (exact) mass is 678 g/mol. The quantitative estimate of drug-likeness (QED) is 0.170. The molecule has 10 rings (SSSR count). The van der Waals surface area contributed by atoms with Gasteiger partial charge in [-0.05, 0) is 111 Å². The molecule has 1 aliphatic rings. The number of benzene rings is 8. The summed E-state index contributed by atoms with van der Waals surface area (Å²) in [6.07, 6.45) is 0. The summed E-state index contributed by atoms with van der Waals surface area (Å²) in [5.41, 5.74) is 17.0. The van der Waals surface area contributed by atoms with E-state index in [0.29, 0.717) is 0 Å². The van der Waals surface area contributed by atoms with E-state index in [1.807, 2.05) is 0 Å². The lowest BCUT2D eigenvalue weighted by atomic mass is 9.82. The van der Waals surface area contributed by atoms with Crippen LogP contribution in [0.5, 0.6) is 0 Å². The lowest BCUT2D eigenvalue weighted by Crippen LogP contribution is -2.15. The fourth-order valence-electron chi connectivity index (χ4n) is 8.58. The van der Waals surface area contributed by atoms with E-state index >= 15 is 0 Å². The summed E-state index contributed by atoms with van der Waals surface area (Å²) >= 11 is 0.